The molecule has 0 aliphatic rings. The van der Waals surface area contributed by atoms with Crippen molar-refractivity contribution in [3.63, 3.8) is 0 Å². The lowest BCUT2D eigenvalue weighted by Gasteiger charge is -2.21. The third-order valence-corrected chi connectivity index (χ3v) is 2.25. The van der Waals surface area contributed by atoms with Gasteiger partial charge in [0.15, 0.2) is 0 Å². The lowest BCUT2D eigenvalue weighted by atomic mass is 10.3. The number of thiocarbonyl (C=S) groups is 1. The summed E-state index contributed by atoms with van der Waals surface area (Å²) in [6, 6.07) is 0. The molecule has 0 saturated heterocycles. The van der Waals surface area contributed by atoms with E-state index in [4.69, 9.17) is 27.4 Å². The Bertz CT molecular complexity index is 168. The first-order valence-corrected chi connectivity index (χ1v) is 5.68. The van der Waals surface area contributed by atoms with E-state index in [1.807, 2.05) is 6.92 Å². The summed E-state index contributed by atoms with van der Waals surface area (Å²) in [7, 11) is 1.70. The predicted molar refractivity (Wildman–Crippen MR) is 66.2 cm³/mol. The normalized spacial score (nSPS) is 10.9. The second-order valence-electron chi connectivity index (χ2n) is 3.25. The Balaban J connectivity index is 3.67. The minimum Gasteiger partial charge on any atom is -0.393 e. The molecule has 0 spiro atoms. The maximum Gasteiger partial charge on any atom is 0.0740 e. The number of nitrogens with two attached hydrogens (primary N) is 1. The van der Waals surface area contributed by atoms with Gasteiger partial charge < -0.3 is 15.2 Å². The molecule has 5 heteroatoms. The van der Waals surface area contributed by atoms with Crippen LogP contribution in [-0.2, 0) is 9.47 Å². The Morgan fingerprint density at radius 1 is 1.27 bits per heavy atom. The van der Waals surface area contributed by atoms with Gasteiger partial charge in [-0.2, -0.15) is 0 Å². The maximum absolute atomic E-state index is 5.47. The molecule has 90 valence electrons. The summed E-state index contributed by atoms with van der Waals surface area (Å²) in [4.78, 5) is 2.81. The second-order valence-corrected chi connectivity index (χ2v) is 3.77. The van der Waals surface area contributed by atoms with Crippen LogP contribution in [0, 0.1) is 0 Å². The molecule has 0 aliphatic carbocycles. The Labute approximate surface area is 97.7 Å². The fourth-order valence-corrected chi connectivity index (χ4v) is 1.25. The van der Waals surface area contributed by atoms with Crippen molar-refractivity contribution in [3.8, 4) is 0 Å². The van der Waals surface area contributed by atoms with Crippen molar-refractivity contribution >= 4 is 17.2 Å². The van der Waals surface area contributed by atoms with Crippen molar-refractivity contribution in [2.75, 3.05) is 46.6 Å². The first-order chi connectivity index (χ1) is 7.20. The van der Waals surface area contributed by atoms with Gasteiger partial charge in [0.05, 0.1) is 18.2 Å². The van der Waals surface area contributed by atoms with E-state index in [9.17, 15) is 0 Å². The van der Waals surface area contributed by atoms with Crippen LogP contribution in [0.3, 0.4) is 0 Å². The molecule has 0 bridgehead atoms. The summed E-state index contributed by atoms with van der Waals surface area (Å²) >= 11 is 4.85. The first kappa shape index (κ1) is 14.8. The van der Waals surface area contributed by atoms with Crippen LogP contribution in [0.25, 0.3) is 0 Å². The highest BCUT2D eigenvalue weighted by Gasteiger charge is 2.04. The number of rotatable bonds is 10. The quantitative estimate of drug-likeness (QED) is 0.444. The highest BCUT2D eigenvalue weighted by atomic mass is 32.1. The maximum atomic E-state index is 5.47. The van der Waals surface area contributed by atoms with E-state index in [1.165, 1.54) is 0 Å². The summed E-state index contributed by atoms with van der Waals surface area (Å²) in [5.74, 6) is 0. The molecular formula is C10H22N2O2S. The molecule has 0 atom stereocenters. The lowest BCUT2D eigenvalue weighted by molar-refractivity contribution is 0.0960. The van der Waals surface area contributed by atoms with Crippen LogP contribution < -0.4 is 5.73 Å². The minimum absolute atomic E-state index is 0.564. The van der Waals surface area contributed by atoms with E-state index in [-0.39, 0.29) is 0 Å². The molecule has 2 N–H and O–H groups in total. The number of hydrogen-bond donors (Lipinski definition) is 1. The van der Waals surface area contributed by atoms with E-state index in [1.54, 1.807) is 7.11 Å². The summed E-state index contributed by atoms with van der Waals surface area (Å²) in [5.41, 5.74) is 5.47. The van der Waals surface area contributed by atoms with Crippen LogP contribution in [0.2, 0.25) is 0 Å². The van der Waals surface area contributed by atoms with Gasteiger partial charge in [-0.15, -0.1) is 0 Å². The molecule has 0 rings (SSSR count). The van der Waals surface area contributed by atoms with Crippen LogP contribution >= 0.6 is 12.2 Å². The average molecular weight is 234 g/mol. The molecule has 4 nitrogen and oxygen atoms in total. The van der Waals surface area contributed by atoms with E-state index in [0.717, 1.165) is 45.9 Å². The second kappa shape index (κ2) is 10.3. The van der Waals surface area contributed by atoms with Gasteiger partial charge in [0.2, 0.25) is 0 Å². The molecule has 0 aliphatic heterocycles. The summed E-state index contributed by atoms with van der Waals surface area (Å²) in [6.45, 7) is 6.90. The Kier molecular flexibility index (Phi) is 10.1. The topological polar surface area (TPSA) is 47.7 Å². The average Bonchev–Trinajstić information content (AvgIpc) is 2.21. The lowest BCUT2D eigenvalue weighted by Crippen LogP contribution is -2.33. The van der Waals surface area contributed by atoms with Gasteiger partial charge in [0.25, 0.3) is 0 Å². The highest BCUT2D eigenvalue weighted by Crippen LogP contribution is 1.93. The molecule has 0 amide bonds. The predicted octanol–water partition coefficient (Wildman–Crippen LogP) is 0.648. The molecule has 0 aromatic rings. The largest absolute Gasteiger partial charge is 0.393 e. The van der Waals surface area contributed by atoms with Gasteiger partial charge >= 0.3 is 0 Å². The highest BCUT2D eigenvalue weighted by molar-refractivity contribution is 7.80. The summed E-state index contributed by atoms with van der Waals surface area (Å²) < 4.78 is 10.3. The monoisotopic (exact) mass is 234 g/mol. The van der Waals surface area contributed by atoms with Gasteiger partial charge in [-0.3, -0.25) is 4.90 Å². The number of methoxy groups -OCH3 is 1. The Hall–Kier alpha value is -0.230. The van der Waals surface area contributed by atoms with Crippen LogP contribution in [0.15, 0.2) is 0 Å². The molecule has 0 saturated carbocycles. The fraction of sp³-hybridized carbons (Fsp3) is 0.900. The van der Waals surface area contributed by atoms with Crippen molar-refractivity contribution in [2.24, 2.45) is 5.73 Å². The summed E-state index contributed by atoms with van der Waals surface area (Å²) in [5, 5.41) is 0. The Morgan fingerprint density at radius 2 is 1.93 bits per heavy atom. The smallest absolute Gasteiger partial charge is 0.0740 e. The standard InChI is InChI=1S/C10H22N2O2S/c1-3-14-9-7-12(6-8-13-2)5-4-10(11)15/h3-9H2,1-2H3,(H2,11,15). The number of ether oxygens (including phenoxy) is 2. The fourth-order valence-electron chi connectivity index (χ4n) is 1.16. The van der Waals surface area contributed by atoms with Gasteiger partial charge in [-0.05, 0) is 6.92 Å². The van der Waals surface area contributed by atoms with Crippen LogP contribution in [0.1, 0.15) is 13.3 Å². The zero-order valence-corrected chi connectivity index (χ0v) is 10.5. The molecule has 0 heterocycles. The van der Waals surface area contributed by atoms with E-state index >= 15 is 0 Å². The van der Waals surface area contributed by atoms with Crippen molar-refractivity contribution in [3.05, 3.63) is 0 Å². The molecule has 0 fully saturated rings. The SMILES string of the molecule is CCOCCN(CCOC)CCC(N)=S. The van der Waals surface area contributed by atoms with E-state index in [2.05, 4.69) is 4.90 Å². The Morgan fingerprint density at radius 3 is 2.47 bits per heavy atom. The van der Waals surface area contributed by atoms with Crippen molar-refractivity contribution < 1.29 is 9.47 Å². The molecule has 0 aromatic carbocycles. The third kappa shape index (κ3) is 10.1. The van der Waals surface area contributed by atoms with Gasteiger partial charge in [-0.25, -0.2) is 0 Å². The number of nitrogens with zero attached hydrogens (tertiary/aromatic N) is 1. The van der Waals surface area contributed by atoms with Gasteiger partial charge in [0.1, 0.15) is 0 Å². The van der Waals surface area contributed by atoms with Crippen LogP contribution in [-0.4, -0.2) is 56.5 Å². The van der Waals surface area contributed by atoms with E-state index in [0.29, 0.717) is 4.99 Å². The zero-order valence-electron chi connectivity index (χ0n) is 9.70. The van der Waals surface area contributed by atoms with Gasteiger partial charge in [0, 0.05) is 39.8 Å². The molecule has 15 heavy (non-hydrogen) atoms. The van der Waals surface area contributed by atoms with Crippen LogP contribution in [0.5, 0.6) is 0 Å². The summed E-state index contributed by atoms with van der Waals surface area (Å²) in [6.07, 6.45) is 0.755. The van der Waals surface area contributed by atoms with E-state index < -0.39 is 0 Å². The molecule has 0 aromatic heterocycles. The van der Waals surface area contributed by atoms with Crippen molar-refractivity contribution in [1.29, 1.82) is 0 Å². The minimum atomic E-state index is 0.564. The number of hydrogen-bond acceptors (Lipinski definition) is 4. The van der Waals surface area contributed by atoms with Gasteiger partial charge in [-0.1, -0.05) is 12.2 Å². The van der Waals surface area contributed by atoms with Crippen molar-refractivity contribution in [2.45, 2.75) is 13.3 Å². The van der Waals surface area contributed by atoms with Crippen molar-refractivity contribution in [1.82, 2.24) is 4.90 Å². The molecule has 0 unspecified atom stereocenters. The van der Waals surface area contributed by atoms with Crippen LogP contribution in [0.4, 0.5) is 0 Å². The first-order valence-electron chi connectivity index (χ1n) is 5.28. The molecule has 0 radical (unpaired) electrons. The zero-order chi connectivity index (χ0) is 11.5. The third-order valence-electron chi connectivity index (χ3n) is 2.04. The molecular weight excluding hydrogens is 212 g/mol.